The lowest BCUT2D eigenvalue weighted by atomic mass is 10.2. The lowest BCUT2D eigenvalue weighted by Crippen LogP contribution is -2.56. The highest BCUT2D eigenvalue weighted by molar-refractivity contribution is 7.80. The van der Waals surface area contributed by atoms with Gasteiger partial charge in [0.25, 0.3) is 0 Å². The fourth-order valence-corrected chi connectivity index (χ4v) is 2.28. The van der Waals surface area contributed by atoms with Crippen LogP contribution in [0.3, 0.4) is 0 Å². The van der Waals surface area contributed by atoms with E-state index in [4.69, 9.17) is 51.8 Å². The number of benzene rings is 1. The Bertz CT molecular complexity index is 697. The number of thiocarbonyl (C=S) groups is 1. The predicted octanol–water partition coefficient (Wildman–Crippen LogP) is 3.36. The Kier molecular flexibility index (Phi) is 8.14. The summed E-state index contributed by atoms with van der Waals surface area (Å²) in [7, 11) is 1.32. The van der Waals surface area contributed by atoms with Gasteiger partial charge in [-0.15, -0.1) is 0 Å². The van der Waals surface area contributed by atoms with Crippen molar-refractivity contribution in [2.45, 2.75) is 23.8 Å². The van der Waals surface area contributed by atoms with E-state index in [0.29, 0.717) is 5.69 Å². The summed E-state index contributed by atoms with van der Waals surface area (Å²) >= 11 is 22.7. The summed E-state index contributed by atoms with van der Waals surface area (Å²) in [6, 6.07) is 4.18. The van der Waals surface area contributed by atoms with Gasteiger partial charge in [0.15, 0.2) is 10.9 Å². The summed E-state index contributed by atoms with van der Waals surface area (Å²) in [6.07, 6.45) is -1.12. The van der Waals surface area contributed by atoms with Gasteiger partial charge in [0.2, 0.25) is 9.70 Å². The van der Waals surface area contributed by atoms with Crippen molar-refractivity contribution in [3.05, 3.63) is 28.3 Å². The van der Waals surface area contributed by atoms with Crippen LogP contribution < -0.4 is 20.7 Å². The van der Waals surface area contributed by atoms with Crippen LogP contribution >= 0.6 is 47.0 Å². The van der Waals surface area contributed by atoms with Crippen molar-refractivity contribution in [2.75, 3.05) is 12.4 Å². The Morgan fingerprint density at radius 1 is 1.31 bits per heavy atom. The molecular formula is C14H17Cl3N4O4S. The topological polar surface area (TPSA) is 106 Å². The lowest BCUT2D eigenvalue weighted by Gasteiger charge is -2.28. The molecule has 0 bridgehead atoms. The van der Waals surface area contributed by atoms with E-state index >= 15 is 0 Å². The zero-order valence-electron chi connectivity index (χ0n) is 14.0. The molecule has 0 aliphatic heterocycles. The monoisotopic (exact) mass is 442 g/mol. The zero-order chi connectivity index (χ0) is 20.1. The first kappa shape index (κ1) is 22.5. The Morgan fingerprint density at radius 3 is 2.38 bits per heavy atom. The first-order chi connectivity index (χ1) is 12.0. The molecule has 0 unspecified atom stereocenters. The Hall–Kier alpha value is -1.55. The molecule has 8 nitrogen and oxygen atoms in total. The molecule has 1 rings (SSSR count). The van der Waals surface area contributed by atoms with Gasteiger partial charge in [-0.3, -0.25) is 14.9 Å². The van der Waals surface area contributed by atoms with Crippen LogP contribution in [0.1, 0.15) is 13.8 Å². The highest BCUT2D eigenvalue weighted by Crippen LogP contribution is 2.31. The second-order valence-electron chi connectivity index (χ2n) is 5.38. The van der Waals surface area contributed by atoms with Gasteiger partial charge in [0, 0.05) is 17.7 Å². The SMILES string of the molecule is COc1ccc(NC(=S)N[C@H](NC(=O)C(C)C)C(Cl)(Cl)Cl)cc1[N+](=O)[O-]. The van der Waals surface area contributed by atoms with Crippen LogP contribution in [-0.4, -0.2) is 33.0 Å². The second-order valence-corrected chi connectivity index (χ2v) is 8.16. The van der Waals surface area contributed by atoms with E-state index in [2.05, 4.69) is 16.0 Å². The van der Waals surface area contributed by atoms with Gasteiger partial charge in [-0.1, -0.05) is 48.7 Å². The van der Waals surface area contributed by atoms with E-state index in [1.807, 2.05) is 0 Å². The Morgan fingerprint density at radius 2 is 1.92 bits per heavy atom. The van der Waals surface area contributed by atoms with Crippen molar-refractivity contribution in [2.24, 2.45) is 5.92 Å². The number of hydrogen-bond acceptors (Lipinski definition) is 5. The maximum Gasteiger partial charge on any atom is 0.312 e. The minimum atomic E-state index is -1.89. The van der Waals surface area contributed by atoms with Crippen LogP contribution in [-0.2, 0) is 4.79 Å². The van der Waals surface area contributed by atoms with Crippen molar-refractivity contribution in [1.29, 1.82) is 0 Å². The van der Waals surface area contributed by atoms with E-state index < -0.39 is 14.9 Å². The summed E-state index contributed by atoms with van der Waals surface area (Å²) in [5.41, 5.74) is 0.0691. The standard InChI is InChI=1S/C14H17Cl3N4O4S/c1-7(2)11(22)19-12(14(15,16)17)20-13(26)18-8-4-5-10(25-3)9(6-8)21(23)24/h4-7,12H,1-3H3,(H,19,22)(H2,18,20,26)/t12-/m0/s1. The number of carbonyl (C=O) groups is 1. The number of rotatable bonds is 6. The second kappa shape index (κ2) is 9.40. The zero-order valence-corrected chi connectivity index (χ0v) is 17.1. The molecular weight excluding hydrogens is 427 g/mol. The maximum absolute atomic E-state index is 11.9. The van der Waals surface area contributed by atoms with Gasteiger partial charge >= 0.3 is 5.69 Å². The van der Waals surface area contributed by atoms with Crippen LogP contribution in [0.4, 0.5) is 11.4 Å². The summed E-state index contributed by atoms with van der Waals surface area (Å²) in [5.74, 6) is -0.586. The number of nitro benzene ring substituents is 1. The average Bonchev–Trinajstić information content (AvgIpc) is 2.52. The molecule has 0 aromatic heterocycles. The van der Waals surface area contributed by atoms with Crippen molar-refractivity contribution < 1.29 is 14.5 Å². The molecule has 26 heavy (non-hydrogen) atoms. The number of ether oxygens (including phenoxy) is 1. The minimum absolute atomic E-state index is 0.00940. The Balaban J connectivity index is 2.90. The number of nitrogens with one attached hydrogen (secondary N) is 3. The first-order valence-electron chi connectivity index (χ1n) is 7.22. The molecule has 0 aliphatic rings. The quantitative estimate of drug-likeness (QED) is 0.203. The molecule has 0 aliphatic carbocycles. The van der Waals surface area contributed by atoms with Crippen LogP contribution in [0.15, 0.2) is 18.2 Å². The number of halogens is 3. The van der Waals surface area contributed by atoms with Crippen molar-refractivity contribution >= 4 is 69.4 Å². The number of anilines is 1. The molecule has 0 fully saturated rings. The smallest absolute Gasteiger partial charge is 0.312 e. The molecule has 1 amide bonds. The third-order valence-corrected chi connectivity index (χ3v) is 3.92. The normalized spacial score (nSPS) is 12.3. The number of methoxy groups -OCH3 is 1. The first-order valence-corrected chi connectivity index (χ1v) is 8.77. The molecule has 144 valence electrons. The largest absolute Gasteiger partial charge is 0.490 e. The number of nitro groups is 1. The fraction of sp³-hybridized carbons (Fsp3) is 0.429. The van der Waals surface area contributed by atoms with Crippen LogP contribution in [0.5, 0.6) is 5.75 Å². The summed E-state index contributed by atoms with van der Waals surface area (Å²) < 4.78 is 3.04. The number of hydrogen-bond donors (Lipinski definition) is 3. The number of alkyl halides is 3. The van der Waals surface area contributed by atoms with Gasteiger partial charge in [-0.2, -0.15) is 0 Å². The number of carbonyl (C=O) groups excluding carboxylic acids is 1. The Labute approximate surface area is 170 Å². The molecule has 3 N–H and O–H groups in total. The molecule has 0 radical (unpaired) electrons. The third kappa shape index (κ3) is 6.64. The maximum atomic E-state index is 11.9. The van der Waals surface area contributed by atoms with E-state index in [1.54, 1.807) is 13.8 Å². The molecule has 0 heterocycles. The van der Waals surface area contributed by atoms with Crippen LogP contribution in [0, 0.1) is 16.0 Å². The predicted molar refractivity (Wildman–Crippen MR) is 106 cm³/mol. The van der Waals surface area contributed by atoms with E-state index in [9.17, 15) is 14.9 Å². The van der Waals surface area contributed by atoms with Gasteiger partial charge in [0.05, 0.1) is 12.0 Å². The van der Waals surface area contributed by atoms with Gasteiger partial charge in [-0.25, -0.2) is 0 Å². The molecule has 0 saturated carbocycles. The van der Waals surface area contributed by atoms with E-state index in [1.165, 1.54) is 25.3 Å². The highest BCUT2D eigenvalue weighted by Gasteiger charge is 2.35. The van der Waals surface area contributed by atoms with E-state index in [-0.39, 0.29) is 28.4 Å². The van der Waals surface area contributed by atoms with Crippen molar-refractivity contribution in [3.8, 4) is 5.75 Å². The van der Waals surface area contributed by atoms with Gasteiger partial charge in [0.1, 0.15) is 6.17 Å². The van der Waals surface area contributed by atoms with Crippen molar-refractivity contribution in [3.63, 3.8) is 0 Å². The molecule has 1 aromatic carbocycles. The van der Waals surface area contributed by atoms with Gasteiger partial charge < -0.3 is 20.7 Å². The van der Waals surface area contributed by atoms with Crippen LogP contribution in [0.2, 0.25) is 0 Å². The summed E-state index contributed by atoms with van der Waals surface area (Å²) in [5, 5.41) is 19.0. The molecule has 12 heteroatoms. The minimum Gasteiger partial charge on any atom is -0.490 e. The van der Waals surface area contributed by atoms with Gasteiger partial charge in [-0.05, 0) is 24.4 Å². The van der Waals surface area contributed by atoms with Crippen molar-refractivity contribution in [1.82, 2.24) is 10.6 Å². The highest BCUT2D eigenvalue weighted by atomic mass is 35.6. The molecule has 1 aromatic rings. The molecule has 1 atom stereocenters. The fourth-order valence-electron chi connectivity index (χ4n) is 1.72. The number of amides is 1. The summed E-state index contributed by atoms with van der Waals surface area (Å²) in [6.45, 7) is 3.36. The third-order valence-electron chi connectivity index (χ3n) is 3.05. The van der Waals surface area contributed by atoms with E-state index in [0.717, 1.165) is 0 Å². The average molecular weight is 444 g/mol. The molecule has 0 spiro atoms. The summed E-state index contributed by atoms with van der Waals surface area (Å²) in [4.78, 5) is 22.3. The lowest BCUT2D eigenvalue weighted by molar-refractivity contribution is -0.385. The molecule has 0 saturated heterocycles. The number of nitrogens with zero attached hydrogens (tertiary/aromatic N) is 1. The van der Waals surface area contributed by atoms with Crippen LogP contribution in [0.25, 0.3) is 0 Å².